The van der Waals surface area contributed by atoms with Gasteiger partial charge in [0.05, 0.1) is 7.11 Å². The van der Waals surface area contributed by atoms with Gasteiger partial charge in [0.2, 0.25) is 0 Å². The summed E-state index contributed by atoms with van der Waals surface area (Å²) in [6.45, 7) is 0. The maximum Gasteiger partial charge on any atom is 0.305 e. The SMILES string of the molecule is COC(=O)CCCCc1ccc(C2=CCCC=C2)cc1. The summed E-state index contributed by atoms with van der Waals surface area (Å²) in [6.07, 6.45) is 12.5. The van der Waals surface area contributed by atoms with Gasteiger partial charge in [-0.25, -0.2) is 0 Å². The van der Waals surface area contributed by atoms with Crippen molar-refractivity contribution < 1.29 is 9.53 Å². The predicted molar refractivity (Wildman–Crippen MR) is 82.4 cm³/mol. The predicted octanol–water partition coefficient (Wildman–Crippen LogP) is 4.31. The first-order valence-corrected chi connectivity index (χ1v) is 7.32. The van der Waals surface area contributed by atoms with E-state index in [0.29, 0.717) is 6.42 Å². The average Bonchev–Trinajstić information content (AvgIpc) is 2.52. The Labute approximate surface area is 121 Å². The molecule has 20 heavy (non-hydrogen) atoms. The number of hydrogen-bond acceptors (Lipinski definition) is 2. The maximum atomic E-state index is 11.0. The lowest BCUT2D eigenvalue weighted by Gasteiger charge is -2.08. The van der Waals surface area contributed by atoms with Gasteiger partial charge < -0.3 is 4.74 Å². The van der Waals surface area contributed by atoms with Crippen LogP contribution in [0.2, 0.25) is 0 Å². The highest BCUT2D eigenvalue weighted by molar-refractivity contribution is 5.74. The van der Waals surface area contributed by atoms with Crippen molar-refractivity contribution >= 4 is 11.5 Å². The second-order valence-electron chi connectivity index (χ2n) is 5.12. The van der Waals surface area contributed by atoms with E-state index >= 15 is 0 Å². The summed E-state index contributed by atoms with van der Waals surface area (Å²) < 4.78 is 4.63. The third-order valence-corrected chi connectivity index (χ3v) is 3.61. The van der Waals surface area contributed by atoms with Crippen LogP contribution < -0.4 is 0 Å². The molecule has 2 nitrogen and oxygen atoms in total. The molecule has 0 atom stereocenters. The summed E-state index contributed by atoms with van der Waals surface area (Å²) >= 11 is 0. The van der Waals surface area contributed by atoms with Gasteiger partial charge in [-0.3, -0.25) is 4.79 Å². The molecule has 106 valence electrons. The van der Waals surface area contributed by atoms with E-state index in [1.165, 1.54) is 23.8 Å². The number of ether oxygens (including phenoxy) is 1. The summed E-state index contributed by atoms with van der Waals surface area (Å²) in [5.74, 6) is -0.114. The van der Waals surface area contributed by atoms with Crippen LogP contribution in [0.25, 0.3) is 5.57 Å². The summed E-state index contributed by atoms with van der Waals surface area (Å²) in [5, 5.41) is 0. The quantitative estimate of drug-likeness (QED) is 0.569. The first-order chi connectivity index (χ1) is 9.79. The molecule has 0 aliphatic heterocycles. The van der Waals surface area contributed by atoms with E-state index in [1.807, 2.05) is 0 Å². The van der Waals surface area contributed by atoms with Crippen LogP contribution in [0.4, 0.5) is 0 Å². The van der Waals surface area contributed by atoms with Gasteiger partial charge in [-0.1, -0.05) is 42.5 Å². The van der Waals surface area contributed by atoms with Crippen LogP contribution in [0.5, 0.6) is 0 Å². The lowest BCUT2D eigenvalue weighted by Crippen LogP contribution is -1.99. The Morgan fingerprint density at radius 1 is 1.15 bits per heavy atom. The minimum absolute atomic E-state index is 0.114. The van der Waals surface area contributed by atoms with E-state index in [0.717, 1.165) is 32.1 Å². The van der Waals surface area contributed by atoms with Crippen molar-refractivity contribution in [3.05, 3.63) is 53.6 Å². The smallest absolute Gasteiger partial charge is 0.305 e. The zero-order valence-corrected chi connectivity index (χ0v) is 12.1. The third-order valence-electron chi connectivity index (χ3n) is 3.61. The highest BCUT2D eigenvalue weighted by Crippen LogP contribution is 2.22. The highest BCUT2D eigenvalue weighted by atomic mass is 16.5. The normalized spacial score (nSPS) is 13.9. The molecule has 1 aliphatic carbocycles. The molecule has 1 aliphatic rings. The molecule has 0 spiro atoms. The molecular weight excluding hydrogens is 248 g/mol. The summed E-state index contributed by atoms with van der Waals surface area (Å²) in [7, 11) is 1.44. The van der Waals surface area contributed by atoms with Gasteiger partial charge in [0, 0.05) is 6.42 Å². The first-order valence-electron chi connectivity index (χ1n) is 7.32. The topological polar surface area (TPSA) is 26.3 Å². The number of carbonyl (C=O) groups excluding carboxylic acids is 1. The summed E-state index contributed by atoms with van der Waals surface area (Å²) in [6, 6.07) is 8.77. The van der Waals surface area contributed by atoms with Gasteiger partial charge in [-0.05, 0) is 48.8 Å². The monoisotopic (exact) mass is 270 g/mol. The third kappa shape index (κ3) is 4.37. The standard InChI is InChI=1S/C18H22O2/c1-20-18(19)10-6-5-7-15-11-13-17(14-12-15)16-8-3-2-4-9-16/h3,8-9,11-14H,2,4-7,10H2,1H3. The molecule has 0 bridgehead atoms. The molecule has 1 aromatic rings. The zero-order valence-electron chi connectivity index (χ0n) is 12.1. The molecule has 1 aromatic carbocycles. The number of carbonyl (C=O) groups is 1. The van der Waals surface area contributed by atoms with E-state index in [1.54, 1.807) is 0 Å². The van der Waals surface area contributed by atoms with Crippen molar-refractivity contribution in [1.29, 1.82) is 0 Å². The molecule has 2 rings (SSSR count). The number of unbranched alkanes of at least 4 members (excludes halogenated alkanes) is 1. The molecule has 2 heteroatoms. The van der Waals surface area contributed by atoms with Gasteiger partial charge in [-0.2, -0.15) is 0 Å². The summed E-state index contributed by atoms with van der Waals surface area (Å²) in [4.78, 5) is 11.0. The Hall–Kier alpha value is -1.83. The largest absolute Gasteiger partial charge is 0.469 e. The van der Waals surface area contributed by atoms with Crippen LogP contribution in [0.15, 0.2) is 42.5 Å². The van der Waals surface area contributed by atoms with E-state index < -0.39 is 0 Å². The minimum Gasteiger partial charge on any atom is -0.469 e. The Kier molecular flexibility index (Phi) is 5.60. The van der Waals surface area contributed by atoms with E-state index in [9.17, 15) is 4.79 Å². The molecule has 0 amide bonds. The van der Waals surface area contributed by atoms with Crippen LogP contribution in [0, 0.1) is 0 Å². The van der Waals surface area contributed by atoms with E-state index in [4.69, 9.17) is 0 Å². The highest BCUT2D eigenvalue weighted by Gasteiger charge is 2.02. The Balaban J connectivity index is 1.81. The summed E-state index contributed by atoms with van der Waals surface area (Å²) in [5.41, 5.74) is 3.95. The molecule has 0 N–H and O–H groups in total. The van der Waals surface area contributed by atoms with E-state index in [2.05, 4.69) is 47.2 Å². The molecule has 0 unspecified atom stereocenters. The van der Waals surface area contributed by atoms with Crippen LogP contribution in [0.3, 0.4) is 0 Å². The molecule has 0 saturated carbocycles. The van der Waals surface area contributed by atoms with Crippen molar-refractivity contribution in [3.63, 3.8) is 0 Å². The van der Waals surface area contributed by atoms with Gasteiger partial charge in [0.1, 0.15) is 0 Å². The number of aryl methyl sites for hydroxylation is 1. The molecule has 0 saturated heterocycles. The van der Waals surface area contributed by atoms with Crippen molar-refractivity contribution in [3.8, 4) is 0 Å². The van der Waals surface area contributed by atoms with Crippen molar-refractivity contribution in [1.82, 2.24) is 0 Å². The number of hydrogen-bond donors (Lipinski definition) is 0. The fraction of sp³-hybridized carbons (Fsp3) is 0.389. The fourth-order valence-corrected chi connectivity index (χ4v) is 2.39. The molecular formula is C18H22O2. The zero-order chi connectivity index (χ0) is 14.2. The average molecular weight is 270 g/mol. The van der Waals surface area contributed by atoms with E-state index in [-0.39, 0.29) is 5.97 Å². The Morgan fingerprint density at radius 2 is 1.95 bits per heavy atom. The van der Waals surface area contributed by atoms with Crippen molar-refractivity contribution in [2.24, 2.45) is 0 Å². The maximum absolute atomic E-state index is 11.0. The van der Waals surface area contributed by atoms with Crippen LogP contribution >= 0.6 is 0 Å². The van der Waals surface area contributed by atoms with Crippen LogP contribution in [-0.2, 0) is 16.0 Å². The lowest BCUT2D eigenvalue weighted by atomic mass is 9.97. The Bertz CT molecular complexity index is 495. The second-order valence-corrected chi connectivity index (χ2v) is 5.12. The number of esters is 1. The minimum atomic E-state index is -0.114. The number of methoxy groups -OCH3 is 1. The lowest BCUT2D eigenvalue weighted by molar-refractivity contribution is -0.140. The molecule has 0 fully saturated rings. The molecule has 0 radical (unpaired) electrons. The van der Waals surface area contributed by atoms with Gasteiger partial charge in [-0.15, -0.1) is 0 Å². The van der Waals surface area contributed by atoms with Crippen molar-refractivity contribution in [2.45, 2.75) is 38.5 Å². The number of benzene rings is 1. The molecule has 0 aromatic heterocycles. The molecule has 0 heterocycles. The van der Waals surface area contributed by atoms with Crippen molar-refractivity contribution in [2.75, 3.05) is 7.11 Å². The van der Waals surface area contributed by atoms with Gasteiger partial charge in [0.25, 0.3) is 0 Å². The Morgan fingerprint density at radius 3 is 2.60 bits per heavy atom. The van der Waals surface area contributed by atoms with Crippen LogP contribution in [-0.4, -0.2) is 13.1 Å². The second kappa shape index (κ2) is 7.68. The first kappa shape index (κ1) is 14.6. The van der Waals surface area contributed by atoms with Crippen LogP contribution in [0.1, 0.15) is 43.2 Å². The number of allylic oxidation sites excluding steroid dienone is 4. The van der Waals surface area contributed by atoms with Gasteiger partial charge in [0.15, 0.2) is 0 Å². The van der Waals surface area contributed by atoms with Gasteiger partial charge >= 0.3 is 5.97 Å². The number of rotatable bonds is 6. The fourth-order valence-electron chi connectivity index (χ4n) is 2.39.